The second-order valence-corrected chi connectivity index (χ2v) is 11.1. The average molecular weight is 652 g/mol. The van der Waals surface area contributed by atoms with E-state index in [2.05, 4.69) is 20.3 Å². The van der Waals surface area contributed by atoms with E-state index in [9.17, 15) is 22.8 Å². The summed E-state index contributed by atoms with van der Waals surface area (Å²) in [4.78, 5) is 41.9. The van der Waals surface area contributed by atoms with Crippen molar-refractivity contribution in [2.24, 2.45) is 0 Å². The molecule has 0 spiro atoms. The summed E-state index contributed by atoms with van der Waals surface area (Å²) in [6.07, 6.45) is -0.0231. The number of anilines is 1. The minimum Gasteiger partial charge on any atom is -0.497 e. The average Bonchev–Trinajstić information content (AvgIpc) is 3.77. The summed E-state index contributed by atoms with van der Waals surface area (Å²) in [5, 5.41) is 2.90. The molecule has 2 aromatic carbocycles. The molecule has 1 N–H and O–H groups in total. The molecule has 2 aliphatic rings. The van der Waals surface area contributed by atoms with Gasteiger partial charge in [0.05, 0.1) is 19.6 Å². The SMILES string of the molecule is COc1ccc(CC(=O)N2CCN(c3cc(C(F)(F)F)nc(-n4ccnc4)n3)C(CC(=O)NCCc3ccc4c(c3)OCO4)C2)cc1. The second-order valence-electron chi connectivity index (χ2n) is 11.1. The van der Waals surface area contributed by atoms with Gasteiger partial charge >= 0.3 is 6.18 Å². The number of aromatic nitrogens is 4. The summed E-state index contributed by atoms with van der Waals surface area (Å²) in [6, 6.07) is 12.9. The second kappa shape index (κ2) is 13.6. The van der Waals surface area contributed by atoms with Crippen molar-refractivity contribution in [1.29, 1.82) is 0 Å². The maximum absolute atomic E-state index is 14.0. The highest BCUT2D eigenvalue weighted by atomic mass is 19.4. The monoisotopic (exact) mass is 651 g/mol. The Morgan fingerprint density at radius 1 is 1.02 bits per heavy atom. The maximum Gasteiger partial charge on any atom is 0.433 e. The Morgan fingerprint density at radius 3 is 2.55 bits per heavy atom. The Kier molecular flexibility index (Phi) is 9.13. The van der Waals surface area contributed by atoms with E-state index in [1.54, 1.807) is 41.2 Å². The Bertz CT molecular complexity index is 1720. The van der Waals surface area contributed by atoms with Gasteiger partial charge in [0.1, 0.15) is 17.9 Å². The molecule has 2 aromatic heterocycles. The number of hydrogen-bond donors (Lipinski definition) is 1. The topological polar surface area (TPSA) is 124 Å². The van der Waals surface area contributed by atoms with E-state index in [1.165, 1.54) is 23.3 Å². The first kappa shape index (κ1) is 31.6. The number of alkyl halides is 3. The van der Waals surface area contributed by atoms with Gasteiger partial charge in [-0.1, -0.05) is 18.2 Å². The molecule has 0 aliphatic carbocycles. The normalized spacial score (nSPS) is 15.9. The van der Waals surface area contributed by atoms with Gasteiger partial charge in [0.15, 0.2) is 17.2 Å². The first-order valence-corrected chi connectivity index (χ1v) is 14.9. The minimum atomic E-state index is -4.75. The lowest BCUT2D eigenvalue weighted by molar-refractivity contribution is -0.141. The predicted molar refractivity (Wildman–Crippen MR) is 162 cm³/mol. The molecule has 12 nitrogen and oxygen atoms in total. The number of ether oxygens (including phenoxy) is 3. The van der Waals surface area contributed by atoms with Crippen molar-refractivity contribution < 1.29 is 37.0 Å². The van der Waals surface area contributed by atoms with Crippen molar-refractivity contribution in [3.8, 4) is 23.2 Å². The molecule has 2 aliphatic heterocycles. The molecule has 47 heavy (non-hydrogen) atoms. The summed E-state index contributed by atoms with van der Waals surface area (Å²) in [6.45, 7) is 0.968. The van der Waals surface area contributed by atoms with Crippen LogP contribution in [-0.2, 0) is 28.6 Å². The molecule has 4 aromatic rings. The van der Waals surface area contributed by atoms with Gasteiger partial charge in [-0.25, -0.2) is 9.97 Å². The molecule has 1 saturated heterocycles. The van der Waals surface area contributed by atoms with Gasteiger partial charge < -0.3 is 29.3 Å². The zero-order valence-corrected chi connectivity index (χ0v) is 25.4. The Morgan fingerprint density at radius 2 is 1.81 bits per heavy atom. The fourth-order valence-corrected chi connectivity index (χ4v) is 5.52. The molecule has 1 unspecified atom stereocenters. The molecular formula is C32H32F3N7O5. The van der Waals surface area contributed by atoms with Crippen LogP contribution < -0.4 is 24.4 Å². The van der Waals surface area contributed by atoms with E-state index in [-0.39, 0.29) is 62.8 Å². The number of rotatable bonds is 10. The van der Waals surface area contributed by atoms with Gasteiger partial charge in [-0.05, 0) is 41.8 Å². The van der Waals surface area contributed by atoms with Crippen molar-refractivity contribution >= 4 is 17.6 Å². The van der Waals surface area contributed by atoms with Crippen LogP contribution in [-0.4, -0.2) is 82.4 Å². The number of nitrogens with one attached hydrogen (secondary N) is 1. The van der Waals surface area contributed by atoms with Crippen LogP contribution in [0, 0.1) is 0 Å². The van der Waals surface area contributed by atoms with E-state index in [4.69, 9.17) is 14.2 Å². The zero-order chi connectivity index (χ0) is 33.0. The molecule has 0 radical (unpaired) electrons. The lowest BCUT2D eigenvalue weighted by Gasteiger charge is -2.42. The van der Waals surface area contributed by atoms with E-state index < -0.39 is 17.9 Å². The third-order valence-corrected chi connectivity index (χ3v) is 7.96. The first-order valence-electron chi connectivity index (χ1n) is 14.9. The molecule has 2 amide bonds. The maximum atomic E-state index is 14.0. The third kappa shape index (κ3) is 7.56. The van der Waals surface area contributed by atoms with E-state index in [0.29, 0.717) is 30.2 Å². The molecule has 1 atom stereocenters. The minimum absolute atomic E-state index is 0.00330. The van der Waals surface area contributed by atoms with Crippen LogP contribution in [0.1, 0.15) is 23.2 Å². The summed E-state index contributed by atoms with van der Waals surface area (Å²) >= 11 is 0. The fraction of sp³-hybridized carbons (Fsp3) is 0.344. The number of nitrogens with zero attached hydrogens (tertiary/aromatic N) is 6. The Labute approximate surface area is 268 Å². The number of imidazole rings is 1. The number of halogens is 3. The van der Waals surface area contributed by atoms with Crippen LogP contribution in [0.4, 0.5) is 19.0 Å². The van der Waals surface area contributed by atoms with Crippen LogP contribution >= 0.6 is 0 Å². The highest BCUT2D eigenvalue weighted by Crippen LogP contribution is 2.33. The Balaban J connectivity index is 1.20. The van der Waals surface area contributed by atoms with E-state index in [0.717, 1.165) is 17.2 Å². The van der Waals surface area contributed by atoms with Gasteiger partial charge in [0.25, 0.3) is 0 Å². The molecule has 1 fully saturated rings. The molecule has 4 heterocycles. The van der Waals surface area contributed by atoms with Crippen LogP contribution in [0.5, 0.6) is 17.2 Å². The van der Waals surface area contributed by atoms with Gasteiger partial charge in [-0.2, -0.15) is 18.2 Å². The van der Waals surface area contributed by atoms with Crippen LogP contribution in [0.2, 0.25) is 0 Å². The highest BCUT2D eigenvalue weighted by Gasteiger charge is 2.37. The number of carbonyl (C=O) groups excluding carboxylic acids is 2. The van der Waals surface area contributed by atoms with Gasteiger partial charge in [0, 0.05) is 51.1 Å². The number of carbonyl (C=O) groups is 2. The third-order valence-electron chi connectivity index (χ3n) is 7.96. The quantitative estimate of drug-likeness (QED) is 0.275. The number of piperazine rings is 1. The summed E-state index contributed by atoms with van der Waals surface area (Å²) < 4.78 is 59.1. The van der Waals surface area contributed by atoms with Gasteiger partial charge in [-0.3, -0.25) is 14.2 Å². The largest absolute Gasteiger partial charge is 0.497 e. The number of amides is 2. The van der Waals surface area contributed by atoms with Crippen LogP contribution in [0.15, 0.2) is 67.3 Å². The number of fused-ring (bicyclic) bond motifs is 1. The molecule has 15 heteroatoms. The summed E-state index contributed by atoms with van der Waals surface area (Å²) in [5.74, 6) is 1.28. The van der Waals surface area contributed by atoms with E-state index >= 15 is 0 Å². The highest BCUT2D eigenvalue weighted by molar-refractivity contribution is 5.80. The molecule has 0 saturated carbocycles. The van der Waals surface area contributed by atoms with Crippen molar-refractivity contribution in [3.05, 3.63) is 84.1 Å². The lowest BCUT2D eigenvalue weighted by Crippen LogP contribution is -2.56. The van der Waals surface area contributed by atoms with Crippen molar-refractivity contribution in [3.63, 3.8) is 0 Å². The molecule has 246 valence electrons. The van der Waals surface area contributed by atoms with Gasteiger partial charge in [0.2, 0.25) is 24.6 Å². The van der Waals surface area contributed by atoms with Gasteiger partial charge in [-0.15, -0.1) is 0 Å². The lowest BCUT2D eigenvalue weighted by atomic mass is 10.1. The molecule has 6 rings (SSSR count). The smallest absolute Gasteiger partial charge is 0.433 e. The Hall–Kier alpha value is -5.34. The predicted octanol–water partition coefficient (Wildman–Crippen LogP) is 3.43. The number of hydrogen-bond acceptors (Lipinski definition) is 9. The first-order chi connectivity index (χ1) is 22.7. The molecular weight excluding hydrogens is 619 g/mol. The van der Waals surface area contributed by atoms with Crippen molar-refractivity contribution in [1.82, 2.24) is 29.7 Å². The summed E-state index contributed by atoms with van der Waals surface area (Å²) in [5.41, 5.74) is 0.597. The summed E-state index contributed by atoms with van der Waals surface area (Å²) in [7, 11) is 1.56. The zero-order valence-electron chi connectivity index (χ0n) is 25.4. The molecule has 0 bridgehead atoms. The van der Waals surface area contributed by atoms with Crippen LogP contribution in [0.3, 0.4) is 0 Å². The van der Waals surface area contributed by atoms with E-state index in [1.807, 2.05) is 18.2 Å². The standard InChI is InChI=1S/C32H32F3N7O5/c1-45-24-5-2-21(3-6-24)15-30(44)40-12-13-42(28-17-27(32(33,34)35)38-31(39-28)41-11-10-36-19-41)23(18-40)16-29(43)37-9-8-22-4-7-25-26(14-22)47-20-46-25/h2-7,10-11,14,17,19,23H,8-9,12-13,15-16,18,20H2,1H3,(H,37,43). The van der Waals surface area contributed by atoms with Crippen molar-refractivity contribution in [2.45, 2.75) is 31.5 Å². The van der Waals surface area contributed by atoms with Crippen molar-refractivity contribution in [2.75, 3.05) is 45.0 Å². The van der Waals surface area contributed by atoms with Crippen LogP contribution in [0.25, 0.3) is 5.95 Å². The fourth-order valence-electron chi connectivity index (χ4n) is 5.52. The number of methoxy groups -OCH3 is 1. The number of benzene rings is 2.